The van der Waals surface area contributed by atoms with Crippen molar-refractivity contribution in [1.82, 2.24) is 9.55 Å². The molecule has 6 heteroatoms. The van der Waals surface area contributed by atoms with Gasteiger partial charge in [-0.1, -0.05) is 0 Å². The van der Waals surface area contributed by atoms with E-state index in [9.17, 15) is 9.18 Å². The average Bonchev–Trinajstić information content (AvgIpc) is 2.89. The first-order chi connectivity index (χ1) is 10.1. The van der Waals surface area contributed by atoms with Gasteiger partial charge in [-0.15, -0.1) is 0 Å². The SMILES string of the molecule is COC(Cn1cnc(-c2ccc(F)cc2)c1C(C)=O)OC. The highest BCUT2D eigenvalue weighted by Gasteiger charge is 2.19. The van der Waals surface area contributed by atoms with E-state index in [0.29, 0.717) is 23.5 Å². The zero-order valence-corrected chi connectivity index (χ0v) is 12.2. The maximum absolute atomic E-state index is 13.0. The first kappa shape index (κ1) is 15.3. The number of methoxy groups -OCH3 is 2. The molecule has 0 amide bonds. The van der Waals surface area contributed by atoms with Crippen molar-refractivity contribution in [2.75, 3.05) is 14.2 Å². The maximum Gasteiger partial charge on any atom is 0.178 e. The van der Waals surface area contributed by atoms with Gasteiger partial charge in [0.25, 0.3) is 0 Å². The van der Waals surface area contributed by atoms with Crippen LogP contribution in [0.15, 0.2) is 30.6 Å². The Morgan fingerprint density at radius 2 is 1.90 bits per heavy atom. The monoisotopic (exact) mass is 292 g/mol. The van der Waals surface area contributed by atoms with E-state index in [0.717, 1.165) is 0 Å². The summed E-state index contributed by atoms with van der Waals surface area (Å²) in [7, 11) is 3.05. The first-order valence-electron chi connectivity index (χ1n) is 6.44. The molecule has 0 N–H and O–H groups in total. The molecule has 1 aromatic heterocycles. The summed E-state index contributed by atoms with van der Waals surface area (Å²) in [6.45, 7) is 1.81. The van der Waals surface area contributed by atoms with Gasteiger partial charge in [0.2, 0.25) is 0 Å². The third kappa shape index (κ3) is 3.34. The molecule has 0 aliphatic heterocycles. The van der Waals surface area contributed by atoms with Crippen LogP contribution in [0.2, 0.25) is 0 Å². The summed E-state index contributed by atoms with van der Waals surface area (Å²) in [4.78, 5) is 16.2. The van der Waals surface area contributed by atoms with Crippen LogP contribution in [0.3, 0.4) is 0 Å². The van der Waals surface area contributed by atoms with Crippen molar-refractivity contribution in [3.63, 3.8) is 0 Å². The van der Waals surface area contributed by atoms with Gasteiger partial charge in [0.15, 0.2) is 12.1 Å². The standard InChI is InChI=1S/C15H17FN2O3/c1-10(19)15-14(11-4-6-12(16)7-5-11)17-9-18(15)8-13(20-2)21-3/h4-7,9,13H,8H2,1-3H3. The van der Waals surface area contributed by atoms with Crippen molar-refractivity contribution >= 4 is 5.78 Å². The number of hydrogen-bond donors (Lipinski definition) is 0. The number of ketones is 1. The summed E-state index contributed by atoms with van der Waals surface area (Å²) in [5, 5.41) is 0. The second-order valence-corrected chi connectivity index (χ2v) is 4.56. The summed E-state index contributed by atoms with van der Waals surface area (Å²) in [6, 6.07) is 5.87. The Hall–Kier alpha value is -2.05. The number of ether oxygens (including phenoxy) is 2. The lowest BCUT2D eigenvalue weighted by Gasteiger charge is -2.15. The summed E-state index contributed by atoms with van der Waals surface area (Å²) in [5.41, 5.74) is 1.65. The number of halogens is 1. The fourth-order valence-electron chi connectivity index (χ4n) is 2.11. The lowest BCUT2D eigenvalue weighted by molar-refractivity contribution is -0.111. The van der Waals surface area contributed by atoms with Gasteiger partial charge in [-0.25, -0.2) is 9.37 Å². The molecule has 0 saturated heterocycles. The number of rotatable bonds is 6. The molecule has 112 valence electrons. The molecule has 5 nitrogen and oxygen atoms in total. The van der Waals surface area contributed by atoms with E-state index in [1.807, 2.05) is 0 Å². The quantitative estimate of drug-likeness (QED) is 0.606. The number of carbonyl (C=O) groups is 1. The number of benzene rings is 1. The van der Waals surface area contributed by atoms with Gasteiger partial charge in [0.05, 0.1) is 18.6 Å². The smallest absolute Gasteiger partial charge is 0.178 e. The lowest BCUT2D eigenvalue weighted by atomic mass is 10.1. The Morgan fingerprint density at radius 3 is 2.43 bits per heavy atom. The van der Waals surface area contributed by atoms with Crippen LogP contribution in [0.5, 0.6) is 0 Å². The van der Waals surface area contributed by atoms with Gasteiger partial charge in [-0.2, -0.15) is 0 Å². The van der Waals surface area contributed by atoms with Gasteiger partial charge in [-0.3, -0.25) is 4.79 Å². The third-order valence-electron chi connectivity index (χ3n) is 3.16. The van der Waals surface area contributed by atoms with E-state index in [2.05, 4.69) is 4.98 Å². The third-order valence-corrected chi connectivity index (χ3v) is 3.16. The Bertz CT molecular complexity index is 618. The summed E-state index contributed by atoms with van der Waals surface area (Å²) < 4.78 is 25.0. The molecule has 0 unspecified atom stereocenters. The fourth-order valence-corrected chi connectivity index (χ4v) is 2.11. The van der Waals surface area contributed by atoms with Crippen molar-refractivity contribution in [1.29, 1.82) is 0 Å². The van der Waals surface area contributed by atoms with E-state index in [4.69, 9.17) is 9.47 Å². The minimum absolute atomic E-state index is 0.127. The van der Waals surface area contributed by atoms with E-state index >= 15 is 0 Å². The topological polar surface area (TPSA) is 53.4 Å². The maximum atomic E-state index is 13.0. The molecule has 1 heterocycles. The molecular formula is C15H17FN2O3. The molecule has 0 fully saturated rings. The van der Waals surface area contributed by atoms with Crippen molar-refractivity contribution in [3.8, 4) is 11.3 Å². The highest BCUT2D eigenvalue weighted by Crippen LogP contribution is 2.23. The molecule has 2 rings (SSSR count). The molecule has 21 heavy (non-hydrogen) atoms. The van der Waals surface area contributed by atoms with E-state index in [-0.39, 0.29) is 11.6 Å². The second kappa shape index (κ2) is 6.60. The molecule has 0 spiro atoms. The fraction of sp³-hybridized carbons (Fsp3) is 0.333. The molecule has 0 aliphatic carbocycles. The normalized spacial score (nSPS) is 11.1. The van der Waals surface area contributed by atoms with Crippen molar-refractivity contribution in [2.45, 2.75) is 19.8 Å². The number of Topliss-reactive ketones (excluding diaryl/α,β-unsaturated/α-hetero) is 1. The number of hydrogen-bond acceptors (Lipinski definition) is 4. The van der Waals surface area contributed by atoms with Gasteiger partial charge >= 0.3 is 0 Å². The minimum Gasteiger partial charge on any atom is -0.354 e. The number of aromatic nitrogens is 2. The van der Waals surface area contributed by atoms with Gasteiger partial charge in [0.1, 0.15) is 11.5 Å². The molecule has 1 aromatic carbocycles. The molecule has 0 atom stereocenters. The largest absolute Gasteiger partial charge is 0.354 e. The lowest BCUT2D eigenvalue weighted by Crippen LogP contribution is -2.22. The Balaban J connectivity index is 2.41. The first-order valence-corrected chi connectivity index (χ1v) is 6.44. The number of carbonyl (C=O) groups excluding carboxylic acids is 1. The summed E-state index contributed by atoms with van der Waals surface area (Å²) in [6.07, 6.45) is 1.08. The van der Waals surface area contributed by atoms with Crippen LogP contribution in [0.4, 0.5) is 4.39 Å². The molecule has 2 aromatic rings. The van der Waals surface area contributed by atoms with Crippen LogP contribution in [0.1, 0.15) is 17.4 Å². The van der Waals surface area contributed by atoms with Gasteiger partial charge in [-0.05, 0) is 24.3 Å². The Labute approximate surface area is 122 Å². The molecule has 0 saturated carbocycles. The predicted molar refractivity (Wildman–Crippen MR) is 75.4 cm³/mol. The Morgan fingerprint density at radius 1 is 1.29 bits per heavy atom. The van der Waals surface area contributed by atoms with Crippen LogP contribution in [-0.4, -0.2) is 35.8 Å². The molecular weight excluding hydrogens is 275 g/mol. The van der Waals surface area contributed by atoms with Crippen LogP contribution >= 0.6 is 0 Å². The average molecular weight is 292 g/mol. The van der Waals surface area contributed by atoms with E-state index < -0.39 is 6.29 Å². The second-order valence-electron chi connectivity index (χ2n) is 4.56. The van der Waals surface area contributed by atoms with E-state index in [1.165, 1.54) is 33.3 Å². The zero-order valence-electron chi connectivity index (χ0n) is 12.2. The minimum atomic E-state index is -0.474. The van der Waals surface area contributed by atoms with Crippen LogP contribution < -0.4 is 0 Å². The van der Waals surface area contributed by atoms with Crippen molar-refractivity contribution < 1.29 is 18.7 Å². The highest BCUT2D eigenvalue weighted by atomic mass is 19.1. The van der Waals surface area contributed by atoms with Gasteiger partial charge in [0, 0.05) is 26.7 Å². The molecule has 0 radical (unpaired) electrons. The number of imidazole rings is 1. The van der Waals surface area contributed by atoms with Crippen molar-refractivity contribution in [3.05, 3.63) is 42.1 Å². The van der Waals surface area contributed by atoms with Crippen LogP contribution in [0, 0.1) is 5.82 Å². The predicted octanol–water partition coefficient (Wildman–Crippen LogP) is 2.51. The zero-order chi connectivity index (χ0) is 15.4. The molecule has 0 aliphatic rings. The number of nitrogens with zero attached hydrogens (tertiary/aromatic N) is 2. The summed E-state index contributed by atoms with van der Waals surface area (Å²) >= 11 is 0. The van der Waals surface area contributed by atoms with Crippen LogP contribution in [0.25, 0.3) is 11.3 Å². The summed E-state index contributed by atoms with van der Waals surface area (Å²) in [5.74, 6) is -0.459. The van der Waals surface area contributed by atoms with E-state index in [1.54, 1.807) is 23.0 Å². The van der Waals surface area contributed by atoms with Crippen molar-refractivity contribution in [2.24, 2.45) is 0 Å². The Kier molecular flexibility index (Phi) is 4.82. The highest BCUT2D eigenvalue weighted by molar-refractivity contribution is 5.98. The van der Waals surface area contributed by atoms with Crippen LogP contribution in [-0.2, 0) is 16.0 Å². The van der Waals surface area contributed by atoms with Gasteiger partial charge < -0.3 is 14.0 Å². The molecule has 0 bridgehead atoms.